The third-order valence-corrected chi connectivity index (χ3v) is 4.76. The Hall–Kier alpha value is -1.59. The maximum Gasteiger partial charge on any atom is 0.227 e. The van der Waals surface area contributed by atoms with E-state index in [-0.39, 0.29) is 18.1 Å². The second-order valence-corrected chi connectivity index (χ2v) is 6.59. The van der Waals surface area contributed by atoms with Crippen LogP contribution < -0.4 is 4.74 Å². The highest BCUT2D eigenvalue weighted by molar-refractivity contribution is 5.79. The maximum atomic E-state index is 12.8. The first-order valence-electron chi connectivity index (χ1n) is 8.88. The molecule has 0 N–H and O–H groups in total. The molecule has 1 aromatic carbocycles. The van der Waals surface area contributed by atoms with Crippen LogP contribution >= 0.6 is 0 Å². The van der Waals surface area contributed by atoms with Crippen LogP contribution in [0.5, 0.6) is 5.75 Å². The first-order chi connectivity index (χ1) is 11.7. The Morgan fingerprint density at radius 1 is 1.08 bits per heavy atom. The Kier molecular flexibility index (Phi) is 6.10. The van der Waals surface area contributed by atoms with Gasteiger partial charge in [0.2, 0.25) is 5.91 Å². The lowest BCUT2D eigenvalue weighted by Crippen LogP contribution is -2.42. The van der Waals surface area contributed by atoms with Crippen molar-refractivity contribution in [2.75, 3.05) is 33.4 Å². The van der Waals surface area contributed by atoms with E-state index < -0.39 is 0 Å². The molecule has 1 amide bonds. The molecule has 2 atom stereocenters. The molecule has 2 heterocycles. The molecule has 0 radical (unpaired) electrons. The fourth-order valence-corrected chi connectivity index (χ4v) is 3.38. The minimum absolute atomic E-state index is 0.145. The van der Waals surface area contributed by atoms with E-state index >= 15 is 0 Å². The summed E-state index contributed by atoms with van der Waals surface area (Å²) >= 11 is 0. The summed E-state index contributed by atoms with van der Waals surface area (Å²) in [4.78, 5) is 14.8. The lowest BCUT2D eigenvalue weighted by Gasteiger charge is -2.28. The van der Waals surface area contributed by atoms with Crippen molar-refractivity contribution in [2.24, 2.45) is 0 Å². The molecular weight excluding hydrogens is 306 g/mol. The second kappa shape index (κ2) is 8.49. The average Bonchev–Trinajstić information content (AvgIpc) is 3.29. The third-order valence-electron chi connectivity index (χ3n) is 4.76. The van der Waals surface area contributed by atoms with Gasteiger partial charge in [0, 0.05) is 26.3 Å². The van der Waals surface area contributed by atoms with Gasteiger partial charge in [0.15, 0.2) is 0 Å². The smallest absolute Gasteiger partial charge is 0.227 e. The summed E-state index contributed by atoms with van der Waals surface area (Å²) in [6.07, 6.45) is 5.01. The number of ether oxygens (including phenoxy) is 3. The van der Waals surface area contributed by atoms with Crippen LogP contribution in [-0.2, 0) is 20.7 Å². The topological polar surface area (TPSA) is 48.0 Å². The molecule has 2 aliphatic rings. The molecule has 2 fully saturated rings. The van der Waals surface area contributed by atoms with Gasteiger partial charge in [-0.15, -0.1) is 0 Å². The number of methoxy groups -OCH3 is 1. The Balaban J connectivity index is 1.61. The second-order valence-electron chi connectivity index (χ2n) is 6.59. The van der Waals surface area contributed by atoms with Crippen molar-refractivity contribution in [3.63, 3.8) is 0 Å². The Morgan fingerprint density at radius 2 is 1.67 bits per heavy atom. The van der Waals surface area contributed by atoms with E-state index in [9.17, 15) is 4.79 Å². The van der Waals surface area contributed by atoms with Gasteiger partial charge in [0.05, 0.1) is 25.7 Å². The van der Waals surface area contributed by atoms with Crippen LogP contribution in [0.25, 0.3) is 0 Å². The van der Waals surface area contributed by atoms with Crippen LogP contribution in [0.2, 0.25) is 0 Å². The van der Waals surface area contributed by atoms with Gasteiger partial charge >= 0.3 is 0 Å². The number of hydrogen-bond donors (Lipinski definition) is 0. The zero-order valence-corrected chi connectivity index (χ0v) is 14.4. The van der Waals surface area contributed by atoms with E-state index in [1.54, 1.807) is 7.11 Å². The van der Waals surface area contributed by atoms with E-state index in [2.05, 4.69) is 0 Å². The number of hydrogen-bond acceptors (Lipinski definition) is 4. The monoisotopic (exact) mass is 333 g/mol. The van der Waals surface area contributed by atoms with Gasteiger partial charge in [0.1, 0.15) is 5.75 Å². The van der Waals surface area contributed by atoms with E-state index in [1.807, 2.05) is 29.2 Å². The standard InChI is InChI=1S/C19H27NO4/c1-22-16-8-6-15(7-9-16)12-19(21)20(13-17-4-2-10-23-17)14-18-5-3-11-24-18/h6-9,17-18H,2-5,10-14H2,1H3. The van der Waals surface area contributed by atoms with Crippen LogP contribution in [0.1, 0.15) is 31.2 Å². The summed E-state index contributed by atoms with van der Waals surface area (Å²) in [6.45, 7) is 2.97. The van der Waals surface area contributed by atoms with Crippen molar-refractivity contribution >= 4 is 5.91 Å². The van der Waals surface area contributed by atoms with Crippen molar-refractivity contribution < 1.29 is 19.0 Å². The van der Waals surface area contributed by atoms with Gasteiger partial charge in [-0.05, 0) is 43.4 Å². The quantitative estimate of drug-likeness (QED) is 0.769. The van der Waals surface area contributed by atoms with E-state index in [4.69, 9.17) is 14.2 Å². The predicted octanol–water partition coefficient (Wildman–Crippen LogP) is 2.42. The first kappa shape index (κ1) is 17.2. The summed E-state index contributed by atoms with van der Waals surface area (Å²) < 4.78 is 16.6. The van der Waals surface area contributed by atoms with Crippen molar-refractivity contribution in [3.05, 3.63) is 29.8 Å². The van der Waals surface area contributed by atoms with Crippen molar-refractivity contribution in [2.45, 2.75) is 44.3 Å². The molecule has 0 bridgehead atoms. The normalized spacial score (nSPS) is 23.4. The average molecular weight is 333 g/mol. The zero-order chi connectivity index (χ0) is 16.8. The lowest BCUT2D eigenvalue weighted by atomic mass is 10.1. The number of benzene rings is 1. The van der Waals surface area contributed by atoms with Gasteiger partial charge in [0.25, 0.3) is 0 Å². The van der Waals surface area contributed by atoms with Crippen molar-refractivity contribution in [1.82, 2.24) is 4.90 Å². The predicted molar refractivity (Wildman–Crippen MR) is 91.2 cm³/mol. The Labute approximate surface area is 143 Å². The highest BCUT2D eigenvalue weighted by atomic mass is 16.5. The summed E-state index contributed by atoms with van der Waals surface area (Å²) in [5.74, 6) is 0.952. The van der Waals surface area contributed by atoms with Crippen LogP contribution in [0.15, 0.2) is 24.3 Å². The van der Waals surface area contributed by atoms with Gasteiger partial charge in [-0.3, -0.25) is 4.79 Å². The van der Waals surface area contributed by atoms with Gasteiger partial charge in [-0.25, -0.2) is 0 Å². The van der Waals surface area contributed by atoms with Crippen molar-refractivity contribution in [3.8, 4) is 5.75 Å². The highest BCUT2D eigenvalue weighted by Crippen LogP contribution is 2.19. The molecule has 3 rings (SSSR count). The number of carbonyl (C=O) groups excluding carboxylic acids is 1. The van der Waals surface area contributed by atoms with E-state index in [1.165, 1.54) is 0 Å². The molecule has 0 aromatic heterocycles. The molecule has 132 valence electrons. The molecule has 24 heavy (non-hydrogen) atoms. The van der Waals surface area contributed by atoms with Gasteiger partial charge in [-0.1, -0.05) is 12.1 Å². The number of nitrogens with zero attached hydrogens (tertiary/aromatic N) is 1. The molecule has 1 aromatic rings. The molecule has 5 nitrogen and oxygen atoms in total. The fourth-order valence-electron chi connectivity index (χ4n) is 3.38. The van der Waals surface area contributed by atoms with E-state index in [0.717, 1.165) is 50.2 Å². The summed E-state index contributed by atoms with van der Waals surface area (Å²) in [7, 11) is 1.64. The highest BCUT2D eigenvalue weighted by Gasteiger charge is 2.26. The first-order valence-corrected chi connectivity index (χ1v) is 8.88. The fraction of sp³-hybridized carbons (Fsp3) is 0.632. The number of carbonyl (C=O) groups is 1. The number of amides is 1. The molecule has 2 aliphatic heterocycles. The molecule has 0 saturated carbocycles. The lowest BCUT2D eigenvalue weighted by molar-refractivity contribution is -0.133. The van der Waals surface area contributed by atoms with E-state index in [0.29, 0.717) is 19.5 Å². The zero-order valence-electron chi connectivity index (χ0n) is 14.4. The minimum Gasteiger partial charge on any atom is -0.497 e. The molecule has 2 saturated heterocycles. The van der Waals surface area contributed by atoms with Crippen LogP contribution in [0, 0.1) is 0 Å². The van der Waals surface area contributed by atoms with Gasteiger partial charge in [-0.2, -0.15) is 0 Å². The molecule has 2 unspecified atom stereocenters. The maximum absolute atomic E-state index is 12.8. The number of rotatable bonds is 7. The summed E-state index contributed by atoms with van der Waals surface area (Å²) in [6, 6.07) is 7.69. The third kappa shape index (κ3) is 4.71. The van der Waals surface area contributed by atoms with Crippen LogP contribution in [0.4, 0.5) is 0 Å². The van der Waals surface area contributed by atoms with Gasteiger partial charge < -0.3 is 19.1 Å². The summed E-state index contributed by atoms with van der Waals surface area (Å²) in [5, 5.41) is 0. The molecule has 0 aliphatic carbocycles. The molecule has 0 spiro atoms. The Morgan fingerprint density at radius 3 is 2.12 bits per heavy atom. The van der Waals surface area contributed by atoms with Crippen molar-refractivity contribution in [1.29, 1.82) is 0 Å². The Bertz CT molecular complexity index is 501. The SMILES string of the molecule is COc1ccc(CC(=O)N(CC2CCCO2)CC2CCCO2)cc1. The molecular formula is C19H27NO4. The summed E-state index contributed by atoms with van der Waals surface area (Å²) in [5.41, 5.74) is 1.01. The van der Waals surface area contributed by atoms with Crippen LogP contribution in [0.3, 0.4) is 0 Å². The van der Waals surface area contributed by atoms with Crippen LogP contribution in [-0.4, -0.2) is 56.4 Å². The minimum atomic E-state index is 0.145. The molecule has 5 heteroatoms. The largest absolute Gasteiger partial charge is 0.497 e.